The van der Waals surface area contributed by atoms with Crippen LogP contribution in [0.3, 0.4) is 0 Å². The Morgan fingerprint density at radius 1 is 0.476 bits per heavy atom. The first kappa shape index (κ1) is 15.2. The third-order valence-electron chi connectivity index (χ3n) is 3.36. The van der Waals surface area contributed by atoms with Crippen LogP contribution < -0.4 is 15.9 Å². The Bertz CT molecular complexity index is 622. The molecule has 3 rings (SSSR count). The van der Waals surface area contributed by atoms with Gasteiger partial charge in [-0.05, 0) is 0 Å². The molecule has 2 nitrogen and oxygen atoms in total. The fraction of sp³-hybridized carbons (Fsp3) is 0. The molecule has 0 heterocycles. The summed E-state index contributed by atoms with van der Waals surface area (Å²) in [4.78, 5) is 0. The monoisotopic (exact) mass is 296 g/mol. The van der Waals surface area contributed by atoms with Gasteiger partial charge in [-0.2, -0.15) is 0 Å². The zero-order valence-corrected chi connectivity index (χ0v) is 12.4. The van der Waals surface area contributed by atoms with Gasteiger partial charge in [0.2, 0.25) is 0 Å². The number of benzene rings is 3. The van der Waals surface area contributed by atoms with Gasteiger partial charge in [-0.3, -0.25) is 0 Å². The molecule has 0 fully saturated rings. The largest absolute Gasteiger partial charge is 0.412 e. The highest BCUT2D eigenvalue weighted by molar-refractivity contribution is 7.85. The van der Waals surface area contributed by atoms with E-state index < -0.39 is 7.14 Å². The van der Waals surface area contributed by atoms with Crippen molar-refractivity contribution in [3.8, 4) is 0 Å². The minimum absolute atomic E-state index is 0. The molecule has 0 bridgehead atoms. The lowest BCUT2D eigenvalue weighted by molar-refractivity contribution is 0.592. The smallest absolute Gasteiger partial charge is 0.171 e. The molecule has 21 heavy (non-hydrogen) atoms. The number of rotatable bonds is 3. The van der Waals surface area contributed by atoms with Gasteiger partial charge in [-0.25, -0.2) is 0 Å². The molecule has 0 saturated heterocycles. The van der Waals surface area contributed by atoms with Crippen LogP contribution in [0.1, 0.15) is 0 Å². The molecular weight excluding hydrogens is 279 g/mol. The van der Waals surface area contributed by atoms with Crippen molar-refractivity contribution in [2.75, 3.05) is 0 Å². The normalized spacial score (nSPS) is 10.7. The Kier molecular flexibility index (Phi) is 4.74. The van der Waals surface area contributed by atoms with Gasteiger partial charge in [0.15, 0.2) is 7.14 Å². The van der Waals surface area contributed by atoms with Crippen LogP contribution in [0.2, 0.25) is 0 Å². The summed E-state index contributed by atoms with van der Waals surface area (Å²) in [6.07, 6.45) is 0. The van der Waals surface area contributed by atoms with Gasteiger partial charge < -0.3 is 10.0 Å². The predicted octanol–water partition coefficient (Wildman–Crippen LogP) is 2.50. The molecule has 3 aromatic rings. The zero-order valence-electron chi connectivity index (χ0n) is 11.5. The highest BCUT2D eigenvalue weighted by Gasteiger charge is 2.28. The summed E-state index contributed by atoms with van der Waals surface area (Å²) >= 11 is 0. The second-order valence-corrected chi connectivity index (χ2v) is 7.38. The van der Waals surface area contributed by atoms with Crippen molar-refractivity contribution in [1.29, 1.82) is 0 Å². The van der Waals surface area contributed by atoms with E-state index in [1.54, 1.807) is 0 Å². The van der Waals surface area contributed by atoms with Gasteiger partial charge in [-0.1, -0.05) is 91.0 Å². The molecule has 106 valence electrons. The van der Waals surface area contributed by atoms with Crippen molar-refractivity contribution in [2.24, 2.45) is 0 Å². The lowest BCUT2D eigenvalue weighted by Gasteiger charge is -2.19. The fourth-order valence-corrected chi connectivity index (χ4v) is 5.03. The molecule has 0 atom stereocenters. The van der Waals surface area contributed by atoms with Crippen molar-refractivity contribution in [1.82, 2.24) is 0 Å². The van der Waals surface area contributed by atoms with Crippen LogP contribution >= 0.6 is 7.14 Å². The molecule has 0 spiro atoms. The van der Waals surface area contributed by atoms with E-state index in [9.17, 15) is 4.57 Å². The summed E-state index contributed by atoms with van der Waals surface area (Å²) < 4.78 is 13.8. The SMILES string of the molecule is O.O=P(c1ccccc1)(c1ccccc1)c1ccccc1. The molecule has 0 amide bonds. The standard InChI is InChI=1S/C18H15OP.H2O/c19-20(16-10-4-1-5-11-16,17-12-6-2-7-13-17)18-14-8-3-9-15-18;/h1-15H;1H2. The average molecular weight is 296 g/mol. The fourth-order valence-electron chi connectivity index (χ4n) is 2.36. The Morgan fingerprint density at radius 2 is 0.714 bits per heavy atom. The molecule has 3 aromatic carbocycles. The van der Waals surface area contributed by atoms with Gasteiger partial charge >= 0.3 is 0 Å². The molecule has 0 aliphatic heterocycles. The van der Waals surface area contributed by atoms with Gasteiger partial charge in [-0.15, -0.1) is 0 Å². The van der Waals surface area contributed by atoms with Gasteiger partial charge in [0.1, 0.15) is 0 Å². The molecular formula is C18H17O2P. The van der Waals surface area contributed by atoms with Crippen LogP contribution in [0.5, 0.6) is 0 Å². The van der Waals surface area contributed by atoms with Crippen LogP contribution in [0.15, 0.2) is 91.0 Å². The molecule has 0 aliphatic rings. The second kappa shape index (κ2) is 6.53. The Hall–Kier alpha value is -2.15. The zero-order chi connectivity index (χ0) is 13.8. The topological polar surface area (TPSA) is 48.6 Å². The van der Waals surface area contributed by atoms with Gasteiger partial charge in [0.25, 0.3) is 0 Å². The summed E-state index contributed by atoms with van der Waals surface area (Å²) in [5, 5.41) is 2.62. The van der Waals surface area contributed by atoms with Crippen LogP contribution in [-0.4, -0.2) is 5.48 Å². The predicted molar refractivity (Wildman–Crippen MR) is 89.4 cm³/mol. The quantitative estimate of drug-likeness (QED) is 0.685. The maximum absolute atomic E-state index is 13.8. The summed E-state index contributed by atoms with van der Waals surface area (Å²) in [6, 6.07) is 29.1. The lowest BCUT2D eigenvalue weighted by Crippen LogP contribution is -2.24. The third-order valence-corrected chi connectivity index (χ3v) is 6.44. The minimum Gasteiger partial charge on any atom is -0.412 e. The van der Waals surface area contributed by atoms with Gasteiger partial charge in [0.05, 0.1) is 0 Å². The first-order valence-electron chi connectivity index (χ1n) is 6.59. The first-order chi connectivity index (χ1) is 9.82. The van der Waals surface area contributed by atoms with E-state index in [1.807, 2.05) is 91.0 Å². The minimum atomic E-state index is -2.78. The molecule has 0 saturated carbocycles. The van der Waals surface area contributed by atoms with E-state index in [1.165, 1.54) is 0 Å². The van der Waals surface area contributed by atoms with E-state index in [-0.39, 0.29) is 5.48 Å². The second-order valence-electron chi connectivity index (χ2n) is 4.62. The first-order valence-corrected chi connectivity index (χ1v) is 8.29. The van der Waals surface area contributed by atoms with E-state index in [2.05, 4.69) is 0 Å². The maximum atomic E-state index is 13.8. The van der Waals surface area contributed by atoms with Crippen LogP contribution in [0, 0.1) is 0 Å². The maximum Gasteiger partial charge on any atom is 0.171 e. The van der Waals surface area contributed by atoms with Crippen molar-refractivity contribution in [3.63, 3.8) is 0 Å². The summed E-state index contributed by atoms with van der Waals surface area (Å²) in [5.74, 6) is 0. The summed E-state index contributed by atoms with van der Waals surface area (Å²) in [7, 11) is -2.78. The molecule has 0 aromatic heterocycles. The number of hydrogen-bond acceptors (Lipinski definition) is 1. The van der Waals surface area contributed by atoms with Crippen LogP contribution in [-0.2, 0) is 4.57 Å². The van der Waals surface area contributed by atoms with E-state index in [0.717, 1.165) is 15.9 Å². The van der Waals surface area contributed by atoms with Crippen molar-refractivity contribution < 1.29 is 10.0 Å². The van der Waals surface area contributed by atoms with Crippen LogP contribution in [0.25, 0.3) is 0 Å². The highest BCUT2D eigenvalue weighted by Crippen LogP contribution is 2.41. The Morgan fingerprint density at radius 3 is 0.952 bits per heavy atom. The molecule has 2 N–H and O–H groups in total. The van der Waals surface area contributed by atoms with Gasteiger partial charge in [0, 0.05) is 15.9 Å². The molecule has 0 aliphatic carbocycles. The van der Waals surface area contributed by atoms with E-state index in [0.29, 0.717) is 0 Å². The van der Waals surface area contributed by atoms with E-state index >= 15 is 0 Å². The molecule has 0 unspecified atom stereocenters. The number of hydrogen-bond donors (Lipinski definition) is 0. The highest BCUT2D eigenvalue weighted by atomic mass is 31.2. The Balaban J connectivity index is 0.00000161. The summed E-state index contributed by atoms with van der Waals surface area (Å²) in [6.45, 7) is 0. The lowest BCUT2D eigenvalue weighted by atomic mass is 10.4. The van der Waals surface area contributed by atoms with E-state index in [4.69, 9.17) is 0 Å². The molecule has 0 radical (unpaired) electrons. The third kappa shape index (κ3) is 2.82. The Labute approximate surface area is 124 Å². The van der Waals surface area contributed by atoms with Crippen LogP contribution in [0.4, 0.5) is 0 Å². The summed E-state index contributed by atoms with van der Waals surface area (Å²) in [5.41, 5.74) is 0. The van der Waals surface area contributed by atoms with Crippen molar-refractivity contribution in [2.45, 2.75) is 0 Å². The average Bonchev–Trinajstić information content (AvgIpc) is 2.56. The van der Waals surface area contributed by atoms with Crippen molar-refractivity contribution >= 4 is 23.1 Å². The van der Waals surface area contributed by atoms with Crippen molar-refractivity contribution in [3.05, 3.63) is 91.0 Å². The molecule has 3 heteroatoms.